The summed E-state index contributed by atoms with van der Waals surface area (Å²) in [4.78, 5) is 0. The van der Waals surface area contributed by atoms with Gasteiger partial charge in [-0.1, -0.05) is 249 Å². The van der Waals surface area contributed by atoms with Crippen molar-refractivity contribution in [1.29, 1.82) is 0 Å². The largest absolute Gasteiger partial charge is 0.494 e. The van der Waals surface area contributed by atoms with Gasteiger partial charge in [-0.25, -0.2) is 0 Å². The lowest BCUT2D eigenvalue weighted by molar-refractivity contribution is 0.00578. The number of hydrogen-bond acceptors (Lipinski definition) is 2. The van der Waals surface area contributed by atoms with Crippen LogP contribution in [0.4, 0.5) is 0 Å². The Morgan fingerprint density at radius 3 is 1.09 bits per heavy atom. The maximum atomic E-state index is 6.75. The minimum Gasteiger partial charge on any atom is -0.399 e. The van der Waals surface area contributed by atoms with Crippen molar-refractivity contribution in [3.05, 3.63) is 101 Å². The van der Waals surface area contributed by atoms with Crippen molar-refractivity contribution < 1.29 is 9.31 Å². The molecule has 1 aliphatic heterocycles. The fraction of sp³-hybridized carbons (Fsp3) is 0.625. The molecule has 3 heteroatoms. The summed E-state index contributed by atoms with van der Waals surface area (Å²) in [6.07, 6.45) is 36.8. The lowest BCUT2D eigenvalue weighted by Crippen LogP contribution is -2.41. The van der Waals surface area contributed by atoms with Gasteiger partial charge in [-0.2, -0.15) is 0 Å². The van der Waals surface area contributed by atoms with Gasteiger partial charge in [0.1, 0.15) is 0 Å². The number of unbranched alkanes of at least 4 members (excludes halogenated alkanes) is 20. The van der Waals surface area contributed by atoms with Crippen molar-refractivity contribution in [2.45, 2.75) is 257 Å². The van der Waals surface area contributed by atoms with E-state index in [-0.39, 0.29) is 29.2 Å². The highest BCUT2D eigenvalue weighted by atomic mass is 16.7. The Morgan fingerprint density at radius 1 is 0.343 bits per heavy atom. The summed E-state index contributed by atoms with van der Waals surface area (Å²) in [5.41, 5.74) is 15.4. The highest BCUT2D eigenvalue weighted by molar-refractivity contribution is 6.62. The van der Waals surface area contributed by atoms with Gasteiger partial charge in [-0.05, 0) is 127 Å². The van der Waals surface area contributed by atoms with E-state index in [1.54, 1.807) is 16.7 Å². The molecule has 0 aromatic heterocycles. The maximum Gasteiger partial charge on any atom is 0.494 e. The second-order valence-corrected chi connectivity index (χ2v) is 22.7. The van der Waals surface area contributed by atoms with Gasteiger partial charge in [0, 0.05) is 10.8 Å². The molecule has 0 spiro atoms. The third-order valence-corrected chi connectivity index (χ3v) is 17.3. The molecule has 1 heterocycles. The lowest BCUT2D eigenvalue weighted by Gasteiger charge is -2.34. The molecule has 0 radical (unpaired) electrons. The van der Waals surface area contributed by atoms with Gasteiger partial charge in [-0.3, -0.25) is 0 Å². The van der Waals surface area contributed by atoms with Crippen molar-refractivity contribution in [1.82, 2.24) is 0 Å². The van der Waals surface area contributed by atoms with E-state index in [1.165, 1.54) is 224 Å². The second-order valence-electron chi connectivity index (χ2n) is 22.7. The maximum absolute atomic E-state index is 6.75. The summed E-state index contributed by atoms with van der Waals surface area (Å²) < 4.78 is 13.5. The van der Waals surface area contributed by atoms with E-state index >= 15 is 0 Å². The fourth-order valence-electron chi connectivity index (χ4n) is 12.6. The van der Waals surface area contributed by atoms with E-state index in [0.29, 0.717) is 0 Å². The lowest BCUT2D eigenvalue weighted by atomic mass is 9.68. The van der Waals surface area contributed by atoms with Gasteiger partial charge in [-0.15, -0.1) is 0 Å². The molecule has 2 aliphatic carbocycles. The van der Waals surface area contributed by atoms with Crippen molar-refractivity contribution in [3.8, 4) is 33.4 Å². The van der Waals surface area contributed by atoms with Crippen LogP contribution in [0.15, 0.2) is 78.9 Å². The summed E-state index contributed by atoms with van der Waals surface area (Å²) >= 11 is 0. The molecular weight excluding hydrogens is 812 g/mol. The molecule has 0 atom stereocenters. The Labute approximate surface area is 411 Å². The standard InChI is InChI=1S/C64H93BO2/c1-9-13-17-21-25-31-43-63(44-32-26-22-18-14-10-2)57-36-30-29-35-53(57)54-40-37-50(47-58(54)63)51-38-41-55-56-42-39-52(65-66-61(5,6)62(7,8)67-65)49-60(56)64(59(55)48-51,45-33-27-23-19-15-11-3)46-34-28-24-20-16-12-4/h29-30,35-42,47-49H,9-28,31-34,43-46H2,1-8H3. The Bertz CT molecular complexity index is 2110. The fourth-order valence-corrected chi connectivity index (χ4v) is 12.6. The summed E-state index contributed by atoms with van der Waals surface area (Å²) in [5, 5.41) is 0. The van der Waals surface area contributed by atoms with E-state index in [9.17, 15) is 0 Å². The molecule has 0 unspecified atom stereocenters. The molecule has 3 aliphatic rings. The number of benzene rings is 4. The van der Waals surface area contributed by atoms with E-state index in [4.69, 9.17) is 9.31 Å². The Morgan fingerprint density at radius 2 is 0.672 bits per heavy atom. The first-order valence-corrected chi connectivity index (χ1v) is 28.5. The van der Waals surface area contributed by atoms with Gasteiger partial charge in [0.15, 0.2) is 0 Å². The first-order valence-electron chi connectivity index (χ1n) is 28.5. The van der Waals surface area contributed by atoms with Gasteiger partial charge in [0.25, 0.3) is 0 Å². The third-order valence-electron chi connectivity index (χ3n) is 17.3. The summed E-state index contributed by atoms with van der Waals surface area (Å²) in [7, 11) is -0.362. The van der Waals surface area contributed by atoms with Crippen molar-refractivity contribution >= 4 is 12.6 Å². The van der Waals surface area contributed by atoms with Crippen molar-refractivity contribution in [3.63, 3.8) is 0 Å². The van der Waals surface area contributed by atoms with E-state index in [2.05, 4.69) is 134 Å². The number of hydrogen-bond donors (Lipinski definition) is 0. The van der Waals surface area contributed by atoms with Crippen LogP contribution in [0.2, 0.25) is 0 Å². The number of rotatable bonds is 30. The first-order chi connectivity index (χ1) is 32.6. The Kier molecular flexibility index (Phi) is 18.6. The predicted molar refractivity (Wildman–Crippen MR) is 292 cm³/mol. The minimum atomic E-state index is -0.374. The van der Waals surface area contributed by atoms with Crippen LogP contribution >= 0.6 is 0 Å². The Hall–Kier alpha value is -3.14. The van der Waals surface area contributed by atoms with Crippen LogP contribution in [0.5, 0.6) is 0 Å². The van der Waals surface area contributed by atoms with Crippen LogP contribution in [-0.4, -0.2) is 18.3 Å². The van der Waals surface area contributed by atoms with Crippen molar-refractivity contribution in [2.24, 2.45) is 0 Å². The van der Waals surface area contributed by atoms with Crippen LogP contribution < -0.4 is 5.46 Å². The van der Waals surface area contributed by atoms with Crippen LogP contribution in [0.3, 0.4) is 0 Å². The molecule has 1 fully saturated rings. The van der Waals surface area contributed by atoms with Crippen molar-refractivity contribution in [2.75, 3.05) is 0 Å². The molecule has 0 N–H and O–H groups in total. The summed E-state index contributed by atoms with van der Waals surface area (Å²) in [6.45, 7) is 18.1. The quantitative estimate of drug-likeness (QED) is 0.0383. The van der Waals surface area contributed by atoms with Gasteiger partial charge in [0.05, 0.1) is 11.2 Å². The highest BCUT2D eigenvalue weighted by Crippen LogP contribution is 2.57. The van der Waals surface area contributed by atoms with Gasteiger partial charge < -0.3 is 9.31 Å². The average molecular weight is 905 g/mol. The molecule has 4 aromatic carbocycles. The molecule has 364 valence electrons. The summed E-state index contributed by atoms with van der Waals surface area (Å²) in [6, 6.07) is 32.2. The molecule has 1 saturated heterocycles. The van der Waals surface area contributed by atoms with E-state index < -0.39 is 0 Å². The monoisotopic (exact) mass is 905 g/mol. The molecule has 0 saturated carbocycles. The van der Waals surface area contributed by atoms with E-state index in [0.717, 1.165) is 0 Å². The SMILES string of the molecule is CCCCCCCCC1(CCCCCCCC)c2ccccc2-c2ccc(-c3ccc4c(c3)C(CCCCCCCC)(CCCCCCCC)c3cc(B5OC(C)(C)C(C)(C)O5)ccc3-4)cc21. The zero-order valence-electron chi connectivity index (χ0n) is 44.2. The minimum absolute atomic E-state index is 0.0396. The predicted octanol–water partition coefficient (Wildman–Crippen LogP) is 19.2. The zero-order valence-corrected chi connectivity index (χ0v) is 44.2. The molecule has 67 heavy (non-hydrogen) atoms. The van der Waals surface area contributed by atoms with Crippen LogP contribution in [0.1, 0.15) is 257 Å². The van der Waals surface area contributed by atoms with Crippen LogP contribution in [0.25, 0.3) is 33.4 Å². The third kappa shape index (κ3) is 11.6. The topological polar surface area (TPSA) is 18.5 Å². The van der Waals surface area contributed by atoms with E-state index in [1.807, 2.05) is 0 Å². The molecule has 0 bridgehead atoms. The Balaban J connectivity index is 1.30. The molecule has 4 aromatic rings. The van der Waals surface area contributed by atoms with Gasteiger partial charge >= 0.3 is 7.12 Å². The number of fused-ring (bicyclic) bond motifs is 6. The highest BCUT2D eigenvalue weighted by Gasteiger charge is 2.52. The molecular formula is C64H93BO2. The zero-order chi connectivity index (χ0) is 47.3. The smallest absolute Gasteiger partial charge is 0.399 e. The summed E-state index contributed by atoms with van der Waals surface area (Å²) in [5.74, 6) is 0. The second kappa shape index (κ2) is 24.1. The van der Waals surface area contributed by atoms with Crippen LogP contribution in [-0.2, 0) is 20.1 Å². The van der Waals surface area contributed by atoms with Crippen LogP contribution in [0, 0.1) is 0 Å². The first kappa shape index (κ1) is 51.7. The average Bonchev–Trinajstić information content (AvgIpc) is 3.85. The normalized spacial score (nSPS) is 16.9. The molecule has 0 amide bonds. The van der Waals surface area contributed by atoms with Gasteiger partial charge in [0.2, 0.25) is 0 Å². The molecule has 7 rings (SSSR count). The molecule has 2 nitrogen and oxygen atoms in total.